The number of ether oxygens (including phenoxy) is 2. The molecule has 1 heterocycles. The molecule has 26 heavy (non-hydrogen) atoms. The second-order valence-electron chi connectivity index (χ2n) is 6.64. The van der Waals surface area contributed by atoms with E-state index in [4.69, 9.17) is 9.47 Å². The number of hydrogen-bond acceptors (Lipinski definition) is 5. The summed E-state index contributed by atoms with van der Waals surface area (Å²) in [4.78, 5) is 37.3. The first-order valence-corrected chi connectivity index (χ1v) is 8.85. The van der Waals surface area contributed by atoms with E-state index >= 15 is 0 Å². The Bertz CT molecular complexity index is 658. The highest BCUT2D eigenvalue weighted by Gasteiger charge is 2.47. The number of urea groups is 1. The first-order chi connectivity index (χ1) is 12.4. The molecular weight excluding hydrogens is 336 g/mol. The Hall–Kier alpha value is -2.57. The number of carbonyl (C=O) groups excluding carboxylic acids is 3. The normalized spacial score (nSPS) is 19.4. The van der Waals surface area contributed by atoms with E-state index < -0.39 is 24.1 Å². The van der Waals surface area contributed by atoms with Crippen molar-refractivity contribution < 1.29 is 23.9 Å². The van der Waals surface area contributed by atoms with Gasteiger partial charge in [-0.15, -0.1) is 0 Å². The quantitative estimate of drug-likeness (QED) is 0.414. The van der Waals surface area contributed by atoms with Crippen molar-refractivity contribution in [3.05, 3.63) is 29.8 Å². The Labute approximate surface area is 153 Å². The topological polar surface area (TPSA) is 84.9 Å². The maximum Gasteiger partial charge on any atom is 0.326 e. The van der Waals surface area contributed by atoms with Crippen molar-refractivity contribution in [1.29, 1.82) is 0 Å². The molecule has 1 fully saturated rings. The van der Waals surface area contributed by atoms with Gasteiger partial charge in [0.2, 0.25) is 0 Å². The molecule has 0 aliphatic carbocycles. The fraction of sp³-hybridized carbons (Fsp3) is 0.526. The number of unbranched alkanes of at least 4 members (excludes halogenated alkanes) is 1. The molecule has 1 N–H and O–H groups in total. The molecule has 0 spiro atoms. The second kappa shape index (κ2) is 8.69. The Morgan fingerprint density at radius 1 is 1.19 bits per heavy atom. The second-order valence-corrected chi connectivity index (χ2v) is 6.64. The minimum atomic E-state index is -0.943. The van der Waals surface area contributed by atoms with Gasteiger partial charge >= 0.3 is 12.0 Å². The number of hydrogen-bond donors (Lipinski definition) is 1. The van der Waals surface area contributed by atoms with Gasteiger partial charge in [-0.25, -0.2) is 4.79 Å². The number of carbonyl (C=O) groups is 3. The average Bonchev–Trinajstić information content (AvgIpc) is 2.82. The molecule has 0 aromatic heterocycles. The molecule has 7 heteroatoms. The summed E-state index contributed by atoms with van der Waals surface area (Å²) in [6.07, 6.45) is 2.28. The molecule has 7 nitrogen and oxygen atoms in total. The van der Waals surface area contributed by atoms with Gasteiger partial charge in [0.15, 0.2) is 0 Å². The summed E-state index contributed by atoms with van der Waals surface area (Å²) < 4.78 is 10.5. The van der Waals surface area contributed by atoms with Crippen LogP contribution < -0.4 is 10.1 Å². The highest BCUT2D eigenvalue weighted by Crippen LogP contribution is 2.23. The molecule has 2 rings (SSSR count). The lowest BCUT2D eigenvalue weighted by Crippen LogP contribution is -2.44. The molecule has 142 valence electrons. The van der Waals surface area contributed by atoms with Crippen LogP contribution in [0.25, 0.3) is 0 Å². The van der Waals surface area contributed by atoms with E-state index in [0.29, 0.717) is 12.2 Å². The summed E-state index contributed by atoms with van der Waals surface area (Å²) in [5.41, 5.74) is 0.185. The van der Waals surface area contributed by atoms with E-state index in [1.165, 1.54) is 0 Å². The molecule has 1 aromatic rings. The van der Waals surface area contributed by atoms with Crippen LogP contribution in [0, 0.1) is 6.92 Å². The number of aryl methyl sites for hydroxylation is 1. The van der Waals surface area contributed by atoms with Crippen molar-refractivity contribution in [1.82, 2.24) is 10.2 Å². The lowest BCUT2D eigenvalue weighted by atomic mass is 9.95. The highest BCUT2D eigenvalue weighted by atomic mass is 16.6. The van der Waals surface area contributed by atoms with Crippen LogP contribution in [0.5, 0.6) is 5.75 Å². The number of benzene rings is 1. The van der Waals surface area contributed by atoms with E-state index in [1.54, 1.807) is 6.92 Å². The van der Waals surface area contributed by atoms with Crippen LogP contribution in [-0.2, 0) is 14.3 Å². The third-order valence-corrected chi connectivity index (χ3v) is 4.30. The molecule has 0 unspecified atom stereocenters. The first-order valence-electron chi connectivity index (χ1n) is 8.85. The molecule has 1 saturated heterocycles. The van der Waals surface area contributed by atoms with Crippen LogP contribution in [0.3, 0.4) is 0 Å². The van der Waals surface area contributed by atoms with Crippen molar-refractivity contribution in [3.63, 3.8) is 0 Å². The highest BCUT2D eigenvalue weighted by molar-refractivity contribution is 6.08. The van der Waals surface area contributed by atoms with Gasteiger partial charge in [0.25, 0.3) is 5.91 Å². The van der Waals surface area contributed by atoms with Crippen molar-refractivity contribution in [2.45, 2.75) is 45.6 Å². The Kier molecular flexibility index (Phi) is 6.60. The average molecular weight is 362 g/mol. The van der Waals surface area contributed by atoms with Crippen LogP contribution in [0.1, 0.15) is 38.7 Å². The predicted molar refractivity (Wildman–Crippen MR) is 95.8 cm³/mol. The van der Waals surface area contributed by atoms with Crippen LogP contribution >= 0.6 is 0 Å². The minimum Gasteiger partial charge on any atom is -0.490 e. The summed E-state index contributed by atoms with van der Waals surface area (Å²) in [5, 5.41) is 2.67. The van der Waals surface area contributed by atoms with E-state index in [-0.39, 0.29) is 19.1 Å². The number of esters is 1. The molecule has 0 radical (unpaired) electrons. The van der Waals surface area contributed by atoms with Gasteiger partial charge in [-0.05, 0) is 32.4 Å². The lowest BCUT2D eigenvalue weighted by Gasteiger charge is -2.21. The lowest BCUT2D eigenvalue weighted by molar-refractivity contribution is -0.148. The summed E-state index contributed by atoms with van der Waals surface area (Å²) in [5.74, 6) is -0.336. The Morgan fingerprint density at radius 2 is 1.88 bits per heavy atom. The van der Waals surface area contributed by atoms with E-state index in [9.17, 15) is 14.4 Å². The van der Waals surface area contributed by atoms with E-state index in [0.717, 1.165) is 23.3 Å². The van der Waals surface area contributed by atoms with Crippen molar-refractivity contribution >= 4 is 17.9 Å². The number of rotatable bonds is 9. The summed E-state index contributed by atoms with van der Waals surface area (Å²) >= 11 is 0. The zero-order chi connectivity index (χ0) is 19.2. The minimum absolute atomic E-state index is 0.0451. The number of amides is 3. The van der Waals surface area contributed by atoms with Crippen molar-refractivity contribution in [2.24, 2.45) is 0 Å². The fourth-order valence-electron chi connectivity index (χ4n) is 2.71. The van der Waals surface area contributed by atoms with Crippen LogP contribution in [0.2, 0.25) is 0 Å². The molecule has 1 aliphatic rings. The van der Waals surface area contributed by atoms with Gasteiger partial charge in [-0.1, -0.05) is 37.5 Å². The molecule has 1 aromatic carbocycles. The van der Waals surface area contributed by atoms with Gasteiger partial charge in [0.1, 0.15) is 31.0 Å². The van der Waals surface area contributed by atoms with Crippen molar-refractivity contribution in [2.75, 3.05) is 19.8 Å². The maximum absolute atomic E-state index is 12.4. The summed E-state index contributed by atoms with van der Waals surface area (Å²) in [7, 11) is 0. The van der Waals surface area contributed by atoms with Crippen molar-refractivity contribution in [3.8, 4) is 5.75 Å². The van der Waals surface area contributed by atoms with E-state index in [1.807, 2.05) is 38.1 Å². The summed E-state index contributed by atoms with van der Waals surface area (Å²) in [6.45, 7) is 5.53. The zero-order valence-electron chi connectivity index (χ0n) is 15.5. The number of nitrogens with zero attached hydrogens (tertiary/aromatic N) is 1. The molecule has 3 amide bonds. The molecule has 0 saturated carbocycles. The van der Waals surface area contributed by atoms with Crippen LogP contribution in [-0.4, -0.2) is 48.1 Å². The van der Waals surface area contributed by atoms with Crippen LogP contribution in [0.4, 0.5) is 4.79 Å². The largest absolute Gasteiger partial charge is 0.490 e. The third-order valence-electron chi connectivity index (χ3n) is 4.30. The number of nitrogens with one attached hydrogen (secondary N) is 1. The Morgan fingerprint density at radius 3 is 2.54 bits per heavy atom. The predicted octanol–water partition coefficient (Wildman–Crippen LogP) is 2.42. The van der Waals surface area contributed by atoms with Gasteiger partial charge in [0, 0.05) is 0 Å². The van der Waals surface area contributed by atoms with Gasteiger partial charge in [-0.2, -0.15) is 0 Å². The third kappa shape index (κ3) is 4.97. The monoisotopic (exact) mass is 362 g/mol. The van der Waals surface area contributed by atoms with E-state index in [2.05, 4.69) is 5.32 Å². The zero-order valence-corrected chi connectivity index (χ0v) is 15.5. The molecular formula is C19H26N2O5. The summed E-state index contributed by atoms with van der Waals surface area (Å²) in [6, 6.07) is 6.97. The van der Waals surface area contributed by atoms with Gasteiger partial charge in [0.05, 0.1) is 0 Å². The SMILES string of the molecule is CCCC[C@]1(C)NC(=O)N(CC(=O)OCCOc2ccc(C)cc2)C1=O. The number of imide groups is 1. The Balaban J connectivity index is 1.75. The first kappa shape index (κ1) is 19.8. The standard InChI is InChI=1S/C19H26N2O5/c1-4-5-10-19(3)17(23)21(18(24)20-19)13-16(22)26-12-11-25-15-8-6-14(2)7-9-15/h6-9H,4-5,10-13H2,1-3H3,(H,20,24)/t19-/m0/s1. The molecule has 1 atom stereocenters. The maximum atomic E-state index is 12.4. The van der Waals surface area contributed by atoms with Crippen LogP contribution in [0.15, 0.2) is 24.3 Å². The fourth-order valence-corrected chi connectivity index (χ4v) is 2.71. The van der Waals surface area contributed by atoms with Gasteiger partial charge < -0.3 is 14.8 Å². The smallest absolute Gasteiger partial charge is 0.326 e. The molecule has 1 aliphatic heterocycles. The molecule has 0 bridgehead atoms. The van der Waals surface area contributed by atoms with Gasteiger partial charge in [-0.3, -0.25) is 14.5 Å².